The summed E-state index contributed by atoms with van der Waals surface area (Å²) in [6, 6.07) is 0. The molecule has 1 saturated heterocycles. The summed E-state index contributed by atoms with van der Waals surface area (Å²) in [4.78, 5) is 25.3. The molecule has 0 aromatic carbocycles. The molecule has 5 nitrogen and oxygen atoms in total. The third kappa shape index (κ3) is 1.97. The van der Waals surface area contributed by atoms with Gasteiger partial charge < -0.3 is 15.1 Å². The summed E-state index contributed by atoms with van der Waals surface area (Å²) in [7, 11) is -1.68. The number of likely N-dealkylation sites (tertiary alicyclic amines) is 1. The molecule has 0 saturated carbocycles. The molecular formula is C12H23NO4Si. The average Bonchev–Trinajstić information content (AvgIpc) is 2.23. The van der Waals surface area contributed by atoms with Gasteiger partial charge in [0, 0.05) is 6.54 Å². The highest BCUT2D eigenvalue weighted by Crippen LogP contribution is 2.42. The number of aliphatic hydroxyl groups is 1. The lowest BCUT2D eigenvalue weighted by Gasteiger charge is -2.58. The van der Waals surface area contributed by atoms with E-state index in [4.69, 9.17) is 0 Å². The van der Waals surface area contributed by atoms with E-state index in [2.05, 4.69) is 0 Å². The van der Waals surface area contributed by atoms with Crippen molar-refractivity contribution in [3.05, 3.63) is 0 Å². The fourth-order valence-electron chi connectivity index (χ4n) is 2.99. The molecule has 1 rings (SSSR count). The van der Waals surface area contributed by atoms with Crippen molar-refractivity contribution in [1.29, 1.82) is 0 Å². The Balaban J connectivity index is 3.11. The highest BCUT2D eigenvalue weighted by molar-refractivity contribution is 6.66. The number of amides is 1. The van der Waals surface area contributed by atoms with Crippen molar-refractivity contribution >= 4 is 20.7 Å². The molecule has 104 valence electrons. The van der Waals surface area contributed by atoms with Gasteiger partial charge in [0.05, 0.1) is 20.8 Å². The van der Waals surface area contributed by atoms with E-state index >= 15 is 0 Å². The van der Waals surface area contributed by atoms with Gasteiger partial charge >= 0.3 is 5.97 Å². The number of unbranched alkanes of at least 4 members (excludes halogenated alkanes) is 1. The number of carbonyl (C=O) groups excluding carboxylic acids is 1. The quantitative estimate of drug-likeness (QED) is 0.545. The zero-order valence-electron chi connectivity index (χ0n) is 11.5. The topological polar surface area (TPSA) is 77.8 Å². The maximum absolute atomic E-state index is 12.1. The van der Waals surface area contributed by atoms with Gasteiger partial charge in [-0.05, 0) is 13.3 Å². The van der Waals surface area contributed by atoms with Gasteiger partial charge in [-0.1, -0.05) is 26.4 Å². The van der Waals surface area contributed by atoms with Crippen LogP contribution in [-0.4, -0.2) is 53.6 Å². The van der Waals surface area contributed by atoms with Crippen LogP contribution in [-0.2, 0) is 9.59 Å². The lowest BCUT2D eigenvalue weighted by molar-refractivity contribution is -0.184. The second kappa shape index (κ2) is 5.40. The van der Waals surface area contributed by atoms with Crippen molar-refractivity contribution in [2.75, 3.05) is 6.54 Å². The first-order valence-electron chi connectivity index (χ1n) is 6.54. The maximum Gasteiger partial charge on any atom is 0.326 e. The predicted molar refractivity (Wildman–Crippen MR) is 71.0 cm³/mol. The second-order valence-electron chi connectivity index (χ2n) is 5.35. The Morgan fingerprint density at radius 2 is 2.11 bits per heavy atom. The van der Waals surface area contributed by atoms with Crippen LogP contribution < -0.4 is 0 Å². The number of aliphatic carboxylic acids is 1. The second-order valence-corrected chi connectivity index (χ2v) is 8.54. The molecule has 0 bridgehead atoms. The van der Waals surface area contributed by atoms with Crippen LogP contribution in [0.4, 0.5) is 0 Å². The van der Waals surface area contributed by atoms with Crippen LogP contribution in [0.1, 0.15) is 26.7 Å². The average molecular weight is 273 g/mol. The number of β-lactam (4-membered cyclic amide) rings is 1. The first kappa shape index (κ1) is 15.2. The molecule has 2 N–H and O–H groups in total. The minimum atomic E-state index is -1.68. The molecule has 1 heterocycles. The molecule has 1 aliphatic heterocycles. The molecule has 0 aromatic rings. The predicted octanol–water partition coefficient (Wildman–Crippen LogP) is 0.475. The molecule has 0 aliphatic carbocycles. The Bertz CT molecular complexity index is 345. The van der Waals surface area contributed by atoms with Crippen LogP contribution in [0.3, 0.4) is 0 Å². The minimum Gasteiger partial charge on any atom is -0.480 e. The lowest BCUT2D eigenvalue weighted by Crippen LogP contribution is -2.81. The summed E-state index contributed by atoms with van der Waals surface area (Å²) in [6.07, 6.45) is 0.814. The van der Waals surface area contributed by atoms with Crippen molar-refractivity contribution < 1.29 is 19.8 Å². The Labute approximate surface area is 109 Å². The smallest absolute Gasteiger partial charge is 0.326 e. The van der Waals surface area contributed by atoms with Crippen LogP contribution in [0.2, 0.25) is 13.1 Å². The van der Waals surface area contributed by atoms with Gasteiger partial charge in [-0.25, -0.2) is 0 Å². The fraction of sp³-hybridized carbons (Fsp3) is 0.833. The zero-order chi connectivity index (χ0) is 14.1. The first-order valence-corrected chi connectivity index (χ1v) is 9.43. The first-order chi connectivity index (χ1) is 8.31. The molecule has 1 unspecified atom stereocenters. The number of rotatable bonds is 6. The fourth-order valence-corrected chi connectivity index (χ4v) is 5.50. The van der Waals surface area contributed by atoms with E-state index in [9.17, 15) is 19.8 Å². The summed E-state index contributed by atoms with van der Waals surface area (Å²) in [5.74, 6) is -1.92. The minimum absolute atomic E-state index is 0.206. The number of carboxylic acids is 1. The summed E-state index contributed by atoms with van der Waals surface area (Å²) in [6.45, 7) is 7.85. The number of hydrogen-bond donors (Lipinski definition) is 2. The number of carbonyl (C=O) groups is 2. The van der Waals surface area contributed by atoms with Gasteiger partial charge in [-0.2, -0.15) is 0 Å². The van der Waals surface area contributed by atoms with Gasteiger partial charge in [-0.3, -0.25) is 9.59 Å². The molecule has 6 heteroatoms. The molecule has 0 radical (unpaired) electrons. The van der Waals surface area contributed by atoms with Gasteiger partial charge in [0.2, 0.25) is 5.91 Å². The van der Waals surface area contributed by atoms with Crippen molar-refractivity contribution in [3.63, 3.8) is 0 Å². The van der Waals surface area contributed by atoms with E-state index in [0.717, 1.165) is 12.8 Å². The van der Waals surface area contributed by atoms with Crippen molar-refractivity contribution in [3.8, 4) is 0 Å². The monoisotopic (exact) mass is 273 g/mol. The van der Waals surface area contributed by atoms with Gasteiger partial charge in [0.15, 0.2) is 0 Å². The van der Waals surface area contributed by atoms with Gasteiger partial charge in [0.25, 0.3) is 0 Å². The normalized spacial score (nSPS) is 29.3. The molecule has 1 fully saturated rings. The van der Waals surface area contributed by atoms with Gasteiger partial charge in [-0.15, -0.1) is 0 Å². The Kier molecular flexibility index (Phi) is 4.55. The Morgan fingerprint density at radius 3 is 2.44 bits per heavy atom. The number of carboxylic acid groups (broad SMARTS) is 1. The highest BCUT2D eigenvalue weighted by Gasteiger charge is 2.67. The largest absolute Gasteiger partial charge is 0.480 e. The molecule has 1 amide bonds. The van der Waals surface area contributed by atoms with E-state index < -0.39 is 32.0 Å². The van der Waals surface area contributed by atoms with Crippen LogP contribution in [0.25, 0.3) is 0 Å². The summed E-state index contributed by atoms with van der Waals surface area (Å²) >= 11 is 0. The van der Waals surface area contributed by atoms with E-state index in [1.165, 1.54) is 11.8 Å². The zero-order valence-corrected chi connectivity index (χ0v) is 12.7. The van der Waals surface area contributed by atoms with Crippen molar-refractivity contribution in [2.24, 2.45) is 5.92 Å². The number of nitrogens with zero attached hydrogens (tertiary/aromatic N) is 1. The van der Waals surface area contributed by atoms with E-state index in [-0.39, 0.29) is 5.91 Å². The molecule has 1 aliphatic rings. The summed E-state index contributed by atoms with van der Waals surface area (Å²) in [5.41, 5.74) is 0. The Morgan fingerprint density at radius 1 is 1.56 bits per heavy atom. The molecular weight excluding hydrogens is 250 g/mol. The van der Waals surface area contributed by atoms with Gasteiger partial charge in [0.1, 0.15) is 5.16 Å². The maximum atomic E-state index is 12.1. The third-order valence-electron chi connectivity index (χ3n) is 3.89. The standard InChI is InChI=1S/C12H23NO4Si/c1-5-6-7-13-10(15)9(8(2)14)12(13,11(16)17)18(3)4/h8-9,14,18H,5-7H2,1-4H3,(H,16,17)/t8?,9-,12-/m0/s1. The van der Waals surface area contributed by atoms with Crippen LogP contribution in [0, 0.1) is 5.92 Å². The van der Waals surface area contributed by atoms with Crippen LogP contribution >= 0.6 is 0 Å². The number of aliphatic hydroxyl groups excluding tert-OH is 1. The highest BCUT2D eigenvalue weighted by atomic mass is 28.3. The lowest BCUT2D eigenvalue weighted by atomic mass is 9.82. The summed E-state index contributed by atoms with van der Waals surface area (Å²) < 4.78 is 0. The van der Waals surface area contributed by atoms with E-state index in [1.54, 1.807) is 0 Å². The number of hydrogen-bond acceptors (Lipinski definition) is 3. The van der Waals surface area contributed by atoms with Crippen LogP contribution in [0.15, 0.2) is 0 Å². The molecule has 18 heavy (non-hydrogen) atoms. The SMILES string of the molecule is CCCCN1C(=O)[C@H](C(C)O)[C@@]1(C(=O)O)[SiH](C)C. The third-order valence-corrected chi connectivity index (χ3v) is 6.57. The molecule has 3 atom stereocenters. The molecule has 0 spiro atoms. The Hall–Kier alpha value is -0.883. The van der Waals surface area contributed by atoms with Crippen LogP contribution in [0.5, 0.6) is 0 Å². The van der Waals surface area contributed by atoms with E-state index in [1.807, 2.05) is 20.0 Å². The molecule has 0 aromatic heterocycles. The van der Waals surface area contributed by atoms with Crippen molar-refractivity contribution in [1.82, 2.24) is 4.90 Å². The summed E-state index contributed by atoms with van der Waals surface area (Å²) in [5, 5.41) is 18.2. The van der Waals surface area contributed by atoms with Crippen molar-refractivity contribution in [2.45, 2.75) is 51.0 Å². The van der Waals surface area contributed by atoms with E-state index in [0.29, 0.717) is 6.54 Å².